The quantitative estimate of drug-likeness (QED) is 0.634. The predicted octanol–water partition coefficient (Wildman–Crippen LogP) is 1.87. The molecule has 1 aliphatic heterocycles. The average molecular weight is 325 g/mol. The Hall–Kier alpha value is -2.67. The summed E-state index contributed by atoms with van der Waals surface area (Å²) in [5, 5.41) is 21.4. The van der Waals surface area contributed by atoms with Gasteiger partial charge in [-0.15, -0.1) is 0 Å². The second-order valence-corrected chi connectivity index (χ2v) is 5.33. The molecule has 2 atom stereocenters. The third-order valence-corrected chi connectivity index (χ3v) is 3.69. The standard InChI is InChI=1S/C18H19N3O3/c19-11-15(12-20)16(14-5-2-1-3-6-14)7-4-8-17(22)24-18-13-21-9-10-23-18/h1-6,8,15-16,18,21H,7,9-10,13H2/b8-4+. The summed E-state index contributed by atoms with van der Waals surface area (Å²) in [5.41, 5.74) is 0.892. The van der Waals surface area contributed by atoms with Crippen LogP contribution in [0.25, 0.3) is 0 Å². The van der Waals surface area contributed by atoms with Gasteiger partial charge in [0, 0.05) is 18.5 Å². The lowest BCUT2D eigenvalue weighted by atomic mass is 9.85. The second-order valence-electron chi connectivity index (χ2n) is 5.33. The highest BCUT2D eigenvalue weighted by molar-refractivity contribution is 5.82. The van der Waals surface area contributed by atoms with E-state index in [1.165, 1.54) is 6.08 Å². The van der Waals surface area contributed by atoms with E-state index in [2.05, 4.69) is 5.32 Å². The maximum Gasteiger partial charge on any atom is 0.332 e. The van der Waals surface area contributed by atoms with Gasteiger partial charge < -0.3 is 14.8 Å². The van der Waals surface area contributed by atoms with E-state index in [-0.39, 0.29) is 5.92 Å². The van der Waals surface area contributed by atoms with Gasteiger partial charge in [0.2, 0.25) is 6.29 Å². The van der Waals surface area contributed by atoms with E-state index < -0.39 is 18.2 Å². The number of benzene rings is 1. The lowest BCUT2D eigenvalue weighted by Crippen LogP contribution is -2.40. The van der Waals surface area contributed by atoms with Gasteiger partial charge >= 0.3 is 5.97 Å². The molecule has 0 aliphatic carbocycles. The van der Waals surface area contributed by atoms with E-state index in [9.17, 15) is 15.3 Å². The third-order valence-electron chi connectivity index (χ3n) is 3.69. The number of rotatable bonds is 6. The predicted molar refractivity (Wildman–Crippen MR) is 86.4 cm³/mol. The summed E-state index contributed by atoms with van der Waals surface area (Å²) in [4.78, 5) is 11.8. The lowest BCUT2D eigenvalue weighted by Gasteiger charge is -2.22. The van der Waals surface area contributed by atoms with Crippen molar-refractivity contribution in [3.63, 3.8) is 0 Å². The van der Waals surface area contributed by atoms with Crippen molar-refractivity contribution in [2.24, 2.45) is 5.92 Å². The van der Waals surface area contributed by atoms with E-state index in [1.54, 1.807) is 6.08 Å². The third kappa shape index (κ3) is 5.20. The van der Waals surface area contributed by atoms with Crippen LogP contribution in [0, 0.1) is 28.6 Å². The van der Waals surface area contributed by atoms with Gasteiger partial charge in [-0.1, -0.05) is 36.4 Å². The van der Waals surface area contributed by atoms with Crippen molar-refractivity contribution in [1.29, 1.82) is 10.5 Å². The highest BCUT2D eigenvalue weighted by atomic mass is 16.7. The maximum absolute atomic E-state index is 11.8. The van der Waals surface area contributed by atoms with Crippen molar-refractivity contribution in [3.05, 3.63) is 48.0 Å². The Balaban J connectivity index is 1.95. The Kier molecular flexibility index (Phi) is 6.97. The first-order chi connectivity index (χ1) is 11.7. The Labute approximate surface area is 141 Å². The van der Waals surface area contributed by atoms with Crippen LogP contribution in [0.15, 0.2) is 42.5 Å². The monoisotopic (exact) mass is 325 g/mol. The molecule has 1 fully saturated rings. The first-order valence-electron chi connectivity index (χ1n) is 7.78. The van der Waals surface area contributed by atoms with Gasteiger partial charge in [0.1, 0.15) is 5.92 Å². The lowest BCUT2D eigenvalue weighted by molar-refractivity contribution is -0.177. The number of hydrogen-bond donors (Lipinski definition) is 1. The summed E-state index contributed by atoms with van der Waals surface area (Å²) < 4.78 is 10.4. The first-order valence-corrected chi connectivity index (χ1v) is 7.78. The van der Waals surface area contributed by atoms with Crippen LogP contribution < -0.4 is 5.32 Å². The average Bonchev–Trinajstić information content (AvgIpc) is 2.63. The Bertz CT molecular complexity index is 626. The first kappa shape index (κ1) is 17.7. The van der Waals surface area contributed by atoms with Crippen LogP contribution in [0.5, 0.6) is 0 Å². The number of ether oxygens (including phenoxy) is 2. The molecule has 2 unspecified atom stereocenters. The molecule has 24 heavy (non-hydrogen) atoms. The Morgan fingerprint density at radius 1 is 1.38 bits per heavy atom. The zero-order valence-corrected chi connectivity index (χ0v) is 13.2. The Morgan fingerprint density at radius 2 is 2.12 bits per heavy atom. The van der Waals surface area contributed by atoms with Crippen molar-refractivity contribution >= 4 is 5.97 Å². The molecule has 0 radical (unpaired) electrons. The molecule has 124 valence electrons. The van der Waals surface area contributed by atoms with Gasteiger partial charge in [-0.25, -0.2) is 4.79 Å². The van der Waals surface area contributed by atoms with Crippen LogP contribution in [-0.2, 0) is 14.3 Å². The summed E-state index contributed by atoms with van der Waals surface area (Å²) in [6, 6.07) is 13.4. The van der Waals surface area contributed by atoms with Gasteiger partial charge in [-0.2, -0.15) is 10.5 Å². The highest BCUT2D eigenvalue weighted by Crippen LogP contribution is 2.28. The van der Waals surface area contributed by atoms with Crippen LogP contribution in [0.1, 0.15) is 17.9 Å². The minimum atomic E-state index is -0.779. The molecule has 1 aromatic carbocycles. The topological polar surface area (TPSA) is 95.1 Å². The molecule has 2 rings (SSSR count). The van der Waals surface area contributed by atoms with Gasteiger partial charge in [-0.3, -0.25) is 0 Å². The van der Waals surface area contributed by atoms with Gasteiger partial charge in [-0.05, 0) is 12.0 Å². The fourth-order valence-corrected chi connectivity index (χ4v) is 2.47. The van der Waals surface area contributed by atoms with Crippen LogP contribution in [0.2, 0.25) is 0 Å². The number of hydrogen-bond acceptors (Lipinski definition) is 6. The van der Waals surface area contributed by atoms with E-state index >= 15 is 0 Å². The van der Waals surface area contributed by atoms with Crippen LogP contribution >= 0.6 is 0 Å². The molecule has 1 heterocycles. The largest absolute Gasteiger partial charge is 0.431 e. The van der Waals surface area contributed by atoms with E-state index in [4.69, 9.17) is 9.47 Å². The summed E-state index contributed by atoms with van der Waals surface area (Å²) in [6.07, 6.45) is 2.78. The highest BCUT2D eigenvalue weighted by Gasteiger charge is 2.22. The van der Waals surface area contributed by atoms with Gasteiger partial charge in [0.25, 0.3) is 0 Å². The van der Waals surface area contributed by atoms with E-state index in [0.717, 1.165) is 12.1 Å². The molecule has 0 amide bonds. The number of carbonyl (C=O) groups is 1. The molecule has 0 saturated carbocycles. The number of esters is 1. The fraction of sp³-hybridized carbons (Fsp3) is 0.389. The summed E-state index contributed by atoms with van der Waals surface area (Å²) in [7, 11) is 0. The minimum Gasteiger partial charge on any atom is -0.431 e. The molecule has 6 nitrogen and oxygen atoms in total. The Morgan fingerprint density at radius 3 is 2.75 bits per heavy atom. The molecule has 0 spiro atoms. The summed E-state index contributed by atoms with van der Waals surface area (Å²) in [6.45, 7) is 1.72. The van der Waals surface area contributed by atoms with Crippen molar-refractivity contribution in [1.82, 2.24) is 5.32 Å². The van der Waals surface area contributed by atoms with Gasteiger partial charge in [0.05, 0.1) is 25.3 Å². The molecule has 1 aromatic rings. The zero-order valence-electron chi connectivity index (χ0n) is 13.2. The minimum absolute atomic E-state index is 0.294. The fourth-order valence-electron chi connectivity index (χ4n) is 2.47. The number of nitrogens with one attached hydrogen (secondary N) is 1. The normalized spacial score (nSPS) is 18.7. The van der Waals surface area contributed by atoms with E-state index in [1.807, 2.05) is 42.5 Å². The van der Waals surface area contributed by atoms with Gasteiger partial charge in [0.15, 0.2) is 0 Å². The summed E-state index contributed by atoms with van der Waals surface area (Å²) >= 11 is 0. The van der Waals surface area contributed by atoms with Crippen molar-refractivity contribution in [2.75, 3.05) is 19.7 Å². The zero-order chi connectivity index (χ0) is 17.2. The van der Waals surface area contributed by atoms with Crippen LogP contribution in [-0.4, -0.2) is 32.0 Å². The smallest absolute Gasteiger partial charge is 0.332 e. The molecular formula is C18H19N3O3. The number of allylic oxidation sites excluding steroid dienone is 1. The molecule has 1 aliphatic rings. The van der Waals surface area contributed by atoms with Crippen LogP contribution in [0.3, 0.4) is 0 Å². The molecule has 0 aromatic heterocycles. The molecule has 1 N–H and O–H groups in total. The molecule has 6 heteroatoms. The molecule has 1 saturated heterocycles. The number of nitriles is 2. The van der Waals surface area contributed by atoms with Crippen LogP contribution in [0.4, 0.5) is 0 Å². The van der Waals surface area contributed by atoms with Crippen molar-refractivity contribution < 1.29 is 14.3 Å². The maximum atomic E-state index is 11.8. The molecular weight excluding hydrogens is 306 g/mol. The van der Waals surface area contributed by atoms with Crippen molar-refractivity contribution in [2.45, 2.75) is 18.6 Å². The molecule has 0 bridgehead atoms. The second kappa shape index (κ2) is 9.46. The van der Waals surface area contributed by atoms with E-state index in [0.29, 0.717) is 19.6 Å². The van der Waals surface area contributed by atoms with Crippen molar-refractivity contribution in [3.8, 4) is 12.1 Å². The summed E-state index contributed by atoms with van der Waals surface area (Å²) in [5.74, 6) is -1.57. The number of morpholine rings is 1. The number of nitrogens with zero attached hydrogens (tertiary/aromatic N) is 2. The number of carbonyl (C=O) groups excluding carboxylic acids is 1. The SMILES string of the molecule is N#CC(C#N)C(C/C=C/C(=O)OC1CNCCO1)c1ccccc1.